The van der Waals surface area contributed by atoms with E-state index in [-0.39, 0.29) is 23.8 Å². The highest BCUT2D eigenvalue weighted by molar-refractivity contribution is 6.30. The molecule has 0 aromatic heterocycles. The van der Waals surface area contributed by atoms with E-state index in [1.54, 1.807) is 48.5 Å². The van der Waals surface area contributed by atoms with E-state index in [0.29, 0.717) is 16.3 Å². The normalized spacial score (nSPS) is 17.3. The fraction of sp³-hybridized carbons (Fsp3) is 0.318. The van der Waals surface area contributed by atoms with Gasteiger partial charge in [0.2, 0.25) is 5.91 Å². The predicted octanol–water partition coefficient (Wildman–Crippen LogP) is 4.61. The van der Waals surface area contributed by atoms with E-state index >= 15 is 0 Å². The number of nitrogens with one attached hydrogen (secondary N) is 3. The third kappa shape index (κ3) is 5.97. The zero-order valence-electron chi connectivity index (χ0n) is 16.7. The molecule has 29 heavy (non-hydrogen) atoms. The SMILES string of the molecule is CC(C)(C)C1=CC(CC(=O)Nc2ccc(NC(O)c3ccc(Cl)cc3)cc2)NO1. The van der Waals surface area contributed by atoms with Gasteiger partial charge in [-0.3, -0.25) is 4.79 Å². The fourth-order valence-electron chi connectivity index (χ4n) is 2.84. The van der Waals surface area contributed by atoms with Crippen LogP contribution in [0, 0.1) is 5.41 Å². The van der Waals surface area contributed by atoms with Gasteiger partial charge in [0.1, 0.15) is 5.76 Å². The van der Waals surface area contributed by atoms with Crippen LogP contribution in [-0.2, 0) is 9.63 Å². The van der Waals surface area contributed by atoms with Gasteiger partial charge in [0, 0.05) is 33.8 Å². The summed E-state index contributed by atoms with van der Waals surface area (Å²) < 4.78 is 0. The van der Waals surface area contributed by atoms with E-state index in [9.17, 15) is 9.90 Å². The van der Waals surface area contributed by atoms with Gasteiger partial charge in [-0.1, -0.05) is 44.5 Å². The molecule has 2 unspecified atom stereocenters. The molecular weight excluding hydrogens is 390 g/mol. The van der Waals surface area contributed by atoms with Crippen LogP contribution < -0.4 is 16.1 Å². The second-order valence-corrected chi connectivity index (χ2v) is 8.47. The summed E-state index contributed by atoms with van der Waals surface area (Å²) in [4.78, 5) is 17.8. The molecule has 2 atom stereocenters. The Kier molecular flexibility index (Phi) is 6.47. The van der Waals surface area contributed by atoms with Crippen molar-refractivity contribution >= 4 is 28.9 Å². The van der Waals surface area contributed by atoms with E-state index in [2.05, 4.69) is 36.9 Å². The fourth-order valence-corrected chi connectivity index (χ4v) is 2.97. The van der Waals surface area contributed by atoms with Crippen molar-refractivity contribution in [3.63, 3.8) is 0 Å². The third-order valence-electron chi connectivity index (χ3n) is 4.48. The van der Waals surface area contributed by atoms with Crippen LogP contribution in [0.2, 0.25) is 5.02 Å². The Labute approximate surface area is 175 Å². The summed E-state index contributed by atoms with van der Waals surface area (Å²) in [5, 5.41) is 16.8. The number of hydrogen-bond acceptors (Lipinski definition) is 5. The Hall–Kier alpha value is -2.54. The topological polar surface area (TPSA) is 82.6 Å². The van der Waals surface area contributed by atoms with Gasteiger partial charge >= 0.3 is 0 Å². The van der Waals surface area contributed by atoms with Gasteiger partial charge in [-0.05, 0) is 42.5 Å². The van der Waals surface area contributed by atoms with Gasteiger partial charge in [-0.2, -0.15) is 0 Å². The van der Waals surface area contributed by atoms with Crippen molar-refractivity contribution in [2.24, 2.45) is 5.41 Å². The van der Waals surface area contributed by atoms with Crippen molar-refractivity contribution in [2.45, 2.75) is 39.5 Å². The minimum Gasteiger partial charge on any atom is -0.412 e. The van der Waals surface area contributed by atoms with Crippen LogP contribution in [0.3, 0.4) is 0 Å². The van der Waals surface area contributed by atoms with Crippen LogP contribution in [0.5, 0.6) is 0 Å². The van der Waals surface area contributed by atoms with Crippen LogP contribution >= 0.6 is 11.6 Å². The Bertz CT molecular complexity index is 874. The minimum atomic E-state index is -0.857. The van der Waals surface area contributed by atoms with E-state index in [1.807, 2.05) is 6.08 Å². The number of halogens is 1. The molecule has 0 bridgehead atoms. The maximum Gasteiger partial charge on any atom is 0.226 e. The number of benzene rings is 2. The van der Waals surface area contributed by atoms with Gasteiger partial charge in [-0.25, -0.2) is 0 Å². The van der Waals surface area contributed by atoms with Crippen molar-refractivity contribution in [1.29, 1.82) is 0 Å². The molecule has 0 spiro atoms. The van der Waals surface area contributed by atoms with Crippen LogP contribution in [0.15, 0.2) is 60.4 Å². The van der Waals surface area contributed by atoms with Gasteiger partial charge in [-0.15, -0.1) is 5.48 Å². The first-order chi connectivity index (χ1) is 13.7. The number of aliphatic hydroxyl groups is 1. The number of rotatable bonds is 6. The maximum atomic E-state index is 12.3. The third-order valence-corrected chi connectivity index (χ3v) is 4.73. The summed E-state index contributed by atoms with van der Waals surface area (Å²) in [5.74, 6) is 0.726. The van der Waals surface area contributed by atoms with Crippen molar-refractivity contribution in [1.82, 2.24) is 5.48 Å². The van der Waals surface area contributed by atoms with E-state index in [4.69, 9.17) is 16.4 Å². The molecule has 0 radical (unpaired) electrons. The number of amides is 1. The Balaban J connectivity index is 1.52. The largest absolute Gasteiger partial charge is 0.412 e. The molecule has 7 heteroatoms. The lowest BCUT2D eigenvalue weighted by Crippen LogP contribution is -2.27. The predicted molar refractivity (Wildman–Crippen MR) is 115 cm³/mol. The average Bonchev–Trinajstić information content (AvgIpc) is 3.12. The number of hydroxylamine groups is 1. The molecule has 154 valence electrons. The first kappa shape index (κ1) is 21.2. The lowest BCUT2D eigenvalue weighted by atomic mass is 9.93. The lowest BCUT2D eigenvalue weighted by Gasteiger charge is -2.17. The molecule has 1 aliphatic rings. The zero-order valence-corrected chi connectivity index (χ0v) is 17.5. The number of allylic oxidation sites excluding steroid dienone is 1. The van der Waals surface area contributed by atoms with Crippen LogP contribution in [0.25, 0.3) is 0 Å². The molecule has 0 saturated heterocycles. The summed E-state index contributed by atoms with van der Waals surface area (Å²) in [6, 6.07) is 14.0. The number of hydrogen-bond donors (Lipinski definition) is 4. The van der Waals surface area contributed by atoms with E-state index in [0.717, 1.165) is 11.4 Å². The molecule has 4 N–H and O–H groups in total. The first-order valence-electron chi connectivity index (χ1n) is 9.45. The minimum absolute atomic E-state index is 0.0996. The highest BCUT2D eigenvalue weighted by atomic mass is 35.5. The maximum absolute atomic E-state index is 12.3. The highest BCUT2D eigenvalue weighted by Crippen LogP contribution is 2.29. The molecular formula is C22H26ClN3O3. The molecule has 0 aliphatic carbocycles. The lowest BCUT2D eigenvalue weighted by molar-refractivity contribution is -0.116. The molecule has 1 heterocycles. The quantitative estimate of drug-likeness (QED) is 0.518. The number of carbonyl (C=O) groups excluding carboxylic acids is 1. The molecule has 3 rings (SSSR count). The average molecular weight is 416 g/mol. The summed E-state index contributed by atoms with van der Waals surface area (Å²) >= 11 is 5.87. The van der Waals surface area contributed by atoms with Crippen molar-refractivity contribution < 1.29 is 14.7 Å². The van der Waals surface area contributed by atoms with Gasteiger partial charge in [0.15, 0.2) is 6.23 Å². The first-order valence-corrected chi connectivity index (χ1v) is 9.83. The summed E-state index contributed by atoms with van der Waals surface area (Å²) in [6.07, 6.45) is 1.37. The van der Waals surface area contributed by atoms with Crippen LogP contribution in [0.4, 0.5) is 11.4 Å². The van der Waals surface area contributed by atoms with Crippen molar-refractivity contribution in [3.8, 4) is 0 Å². The molecule has 0 fully saturated rings. The second-order valence-electron chi connectivity index (χ2n) is 8.04. The van der Waals surface area contributed by atoms with Crippen molar-refractivity contribution in [3.05, 3.63) is 71.0 Å². The summed E-state index contributed by atoms with van der Waals surface area (Å²) in [7, 11) is 0. The zero-order chi connectivity index (χ0) is 21.0. The number of anilines is 2. The van der Waals surface area contributed by atoms with E-state index in [1.165, 1.54) is 0 Å². The van der Waals surface area contributed by atoms with Crippen LogP contribution in [-0.4, -0.2) is 17.1 Å². The molecule has 1 amide bonds. The summed E-state index contributed by atoms with van der Waals surface area (Å²) in [6.45, 7) is 6.17. The Morgan fingerprint density at radius 1 is 1.14 bits per heavy atom. The second kappa shape index (κ2) is 8.86. The van der Waals surface area contributed by atoms with Crippen LogP contribution in [0.1, 0.15) is 39.0 Å². The number of carbonyl (C=O) groups is 1. The van der Waals surface area contributed by atoms with E-state index < -0.39 is 6.23 Å². The Morgan fingerprint density at radius 3 is 2.34 bits per heavy atom. The Morgan fingerprint density at radius 2 is 1.76 bits per heavy atom. The van der Waals surface area contributed by atoms with Gasteiger partial charge in [0.25, 0.3) is 0 Å². The molecule has 2 aromatic rings. The smallest absolute Gasteiger partial charge is 0.226 e. The van der Waals surface area contributed by atoms with Crippen molar-refractivity contribution in [2.75, 3.05) is 10.6 Å². The summed E-state index contributed by atoms with van der Waals surface area (Å²) in [5.41, 5.74) is 4.90. The molecule has 1 aliphatic heterocycles. The van der Waals surface area contributed by atoms with Gasteiger partial charge < -0.3 is 20.6 Å². The highest BCUT2D eigenvalue weighted by Gasteiger charge is 2.27. The molecule has 2 aromatic carbocycles. The monoisotopic (exact) mass is 415 g/mol. The molecule has 6 nitrogen and oxygen atoms in total. The molecule has 0 saturated carbocycles. The number of aliphatic hydroxyl groups excluding tert-OH is 1. The standard InChI is InChI=1S/C22H26ClN3O3/c1-22(2,3)19-12-18(26-29-19)13-20(27)24-16-8-10-17(11-9-16)25-21(28)14-4-6-15(23)7-5-14/h4-12,18,21,25-26,28H,13H2,1-3H3,(H,24,27). The van der Waals surface area contributed by atoms with Gasteiger partial charge in [0.05, 0.1) is 6.04 Å².